The Morgan fingerprint density at radius 1 is 0.944 bits per heavy atom. The second-order valence-corrected chi connectivity index (χ2v) is 10.8. The zero-order valence-corrected chi connectivity index (χ0v) is 23.0. The van der Waals surface area contributed by atoms with Gasteiger partial charge in [0.05, 0.1) is 5.92 Å². The number of nitrogens with one attached hydrogen (secondary N) is 1. The standard InChI is InChI=1S/C29H53NO5.CH4/c1-5-7-9-11-12-13-14-15-16-18-24(34-29(33)26(30-22-31)20-23(3)4)21-27-25(28(32)35-27)19-17-10-8-6-2;/h22-27H,5-21H2,1-4H3,(H,30,31);1H4/t24?,25-,26+,27?;/m0./s1. The summed E-state index contributed by atoms with van der Waals surface area (Å²) in [6, 6.07) is -0.632. The minimum absolute atomic E-state index is 0. The molecule has 212 valence electrons. The Morgan fingerprint density at radius 3 is 2.03 bits per heavy atom. The maximum atomic E-state index is 12.9. The van der Waals surface area contributed by atoms with Crippen molar-refractivity contribution in [2.75, 3.05) is 0 Å². The Hall–Kier alpha value is -1.59. The molecule has 1 rings (SSSR count). The molecular weight excluding hydrogens is 454 g/mol. The highest BCUT2D eigenvalue weighted by molar-refractivity contribution is 5.79. The van der Waals surface area contributed by atoms with Gasteiger partial charge >= 0.3 is 11.9 Å². The van der Waals surface area contributed by atoms with E-state index in [2.05, 4.69) is 19.2 Å². The number of carbonyl (C=O) groups is 3. The van der Waals surface area contributed by atoms with Crippen molar-refractivity contribution in [2.45, 2.75) is 163 Å². The van der Waals surface area contributed by atoms with Crippen molar-refractivity contribution in [2.24, 2.45) is 11.8 Å². The van der Waals surface area contributed by atoms with Gasteiger partial charge in [0.25, 0.3) is 0 Å². The first-order valence-electron chi connectivity index (χ1n) is 14.5. The maximum Gasteiger partial charge on any atom is 0.328 e. The van der Waals surface area contributed by atoms with Gasteiger partial charge in [0, 0.05) is 6.42 Å². The summed E-state index contributed by atoms with van der Waals surface area (Å²) in [5.74, 6) is -0.302. The average Bonchev–Trinajstić information content (AvgIpc) is 2.81. The first-order chi connectivity index (χ1) is 16.9. The lowest BCUT2D eigenvalue weighted by Gasteiger charge is -2.37. The molecule has 1 heterocycles. The Morgan fingerprint density at radius 2 is 1.50 bits per heavy atom. The third kappa shape index (κ3) is 14.8. The number of ether oxygens (including phenoxy) is 2. The summed E-state index contributed by atoms with van der Waals surface area (Å²) < 4.78 is 11.4. The van der Waals surface area contributed by atoms with Crippen molar-refractivity contribution in [1.82, 2.24) is 5.32 Å². The van der Waals surface area contributed by atoms with Crippen LogP contribution in [0.15, 0.2) is 0 Å². The lowest BCUT2D eigenvalue weighted by molar-refractivity contribution is -0.190. The highest BCUT2D eigenvalue weighted by Gasteiger charge is 2.43. The molecule has 4 atom stereocenters. The number of amides is 1. The fourth-order valence-corrected chi connectivity index (χ4v) is 4.90. The topological polar surface area (TPSA) is 81.7 Å². The van der Waals surface area contributed by atoms with Crippen molar-refractivity contribution in [3.63, 3.8) is 0 Å². The molecule has 0 aromatic rings. The van der Waals surface area contributed by atoms with Crippen molar-refractivity contribution < 1.29 is 23.9 Å². The summed E-state index contributed by atoms with van der Waals surface area (Å²) >= 11 is 0. The lowest BCUT2D eigenvalue weighted by Crippen LogP contribution is -2.48. The Kier molecular flexibility index (Phi) is 20.5. The zero-order valence-electron chi connectivity index (χ0n) is 23.0. The predicted molar refractivity (Wildman–Crippen MR) is 148 cm³/mol. The van der Waals surface area contributed by atoms with E-state index in [1.165, 1.54) is 57.8 Å². The van der Waals surface area contributed by atoms with Crippen LogP contribution in [-0.2, 0) is 23.9 Å². The van der Waals surface area contributed by atoms with Gasteiger partial charge in [-0.1, -0.05) is 112 Å². The van der Waals surface area contributed by atoms with Gasteiger partial charge in [-0.05, 0) is 31.6 Å². The molecule has 0 saturated carbocycles. The fourth-order valence-electron chi connectivity index (χ4n) is 4.90. The second kappa shape index (κ2) is 21.5. The summed E-state index contributed by atoms with van der Waals surface area (Å²) in [5, 5.41) is 2.62. The van der Waals surface area contributed by atoms with Crippen LogP contribution in [0.1, 0.15) is 144 Å². The molecule has 0 spiro atoms. The number of hydrogen-bond acceptors (Lipinski definition) is 5. The third-order valence-electron chi connectivity index (χ3n) is 7.06. The van der Waals surface area contributed by atoms with Crippen molar-refractivity contribution in [3.8, 4) is 0 Å². The molecule has 2 unspecified atom stereocenters. The number of cyclic esters (lactones) is 1. The molecule has 1 aliphatic rings. The molecule has 0 radical (unpaired) electrons. The average molecular weight is 512 g/mol. The molecule has 1 fully saturated rings. The molecule has 6 nitrogen and oxygen atoms in total. The van der Waals surface area contributed by atoms with E-state index >= 15 is 0 Å². The number of rotatable bonds is 23. The highest BCUT2D eigenvalue weighted by Crippen LogP contribution is 2.32. The van der Waals surface area contributed by atoms with Crippen LogP contribution < -0.4 is 5.32 Å². The van der Waals surface area contributed by atoms with E-state index in [9.17, 15) is 14.4 Å². The van der Waals surface area contributed by atoms with Crippen LogP contribution >= 0.6 is 0 Å². The molecule has 1 amide bonds. The van der Waals surface area contributed by atoms with Crippen LogP contribution in [0.2, 0.25) is 0 Å². The van der Waals surface area contributed by atoms with Crippen molar-refractivity contribution >= 4 is 18.3 Å². The van der Waals surface area contributed by atoms with Gasteiger partial charge in [-0.15, -0.1) is 0 Å². The van der Waals surface area contributed by atoms with Crippen LogP contribution in [0.25, 0.3) is 0 Å². The third-order valence-corrected chi connectivity index (χ3v) is 7.06. The van der Waals surface area contributed by atoms with E-state index in [-0.39, 0.29) is 43.4 Å². The minimum atomic E-state index is -0.632. The first kappa shape index (κ1) is 34.4. The number of unbranched alkanes of at least 4 members (excludes halogenated alkanes) is 11. The highest BCUT2D eigenvalue weighted by atomic mass is 16.6. The van der Waals surface area contributed by atoms with Gasteiger partial charge in [-0.3, -0.25) is 9.59 Å². The summed E-state index contributed by atoms with van der Waals surface area (Å²) in [4.78, 5) is 36.0. The molecule has 36 heavy (non-hydrogen) atoms. The van der Waals surface area contributed by atoms with Gasteiger partial charge in [-0.25, -0.2) is 4.79 Å². The van der Waals surface area contributed by atoms with E-state index in [1.807, 2.05) is 13.8 Å². The Labute approximate surface area is 222 Å². The van der Waals surface area contributed by atoms with Crippen molar-refractivity contribution in [1.29, 1.82) is 0 Å². The summed E-state index contributed by atoms with van der Waals surface area (Å²) in [5.41, 5.74) is 0. The van der Waals surface area contributed by atoms with Gasteiger partial charge in [0.15, 0.2) is 0 Å². The van der Waals surface area contributed by atoms with Crippen LogP contribution in [0.5, 0.6) is 0 Å². The number of carbonyl (C=O) groups excluding carboxylic acids is 3. The van der Waals surface area contributed by atoms with Crippen LogP contribution in [0.4, 0.5) is 0 Å². The normalized spacial score (nSPS) is 18.5. The van der Waals surface area contributed by atoms with Crippen LogP contribution in [-0.4, -0.2) is 36.6 Å². The van der Waals surface area contributed by atoms with Crippen LogP contribution in [0, 0.1) is 11.8 Å². The minimum Gasteiger partial charge on any atom is -0.461 e. The molecule has 1 saturated heterocycles. The molecule has 0 aliphatic carbocycles. The van der Waals surface area contributed by atoms with Gasteiger partial charge in [0.1, 0.15) is 18.2 Å². The molecule has 0 aromatic carbocycles. The smallest absolute Gasteiger partial charge is 0.328 e. The monoisotopic (exact) mass is 511 g/mol. The summed E-state index contributed by atoms with van der Waals surface area (Å²) in [6.07, 6.45) is 18.5. The Balaban J connectivity index is 0.0000122. The fraction of sp³-hybridized carbons (Fsp3) is 0.900. The number of hydrogen-bond donors (Lipinski definition) is 1. The SMILES string of the molecule is C.CCCCCCCCCCCC(CC1OC(=O)[C@H]1CCCCCC)OC(=O)[C@@H](CC(C)C)NC=O. The molecule has 0 aromatic heterocycles. The summed E-state index contributed by atoms with van der Waals surface area (Å²) in [6.45, 7) is 8.45. The van der Waals surface area contributed by atoms with Crippen molar-refractivity contribution in [3.05, 3.63) is 0 Å². The van der Waals surface area contributed by atoms with E-state index in [0.717, 1.165) is 38.5 Å². The van der Waals surface area contributed by atoms with Crippen LogP contribution in [0.3, 0.4) is 0 Å². The maximum absolute atomic E-state index is 12.9. The zero-order chi connectivity index (χ0) is 25.9. The first-order valence-corrected chi connectivity index (χ1v) is 14.5. The second-order valence-electron chi connectivity index (χ2n) is 10.8. The van der Waals surface area contributed by atoms with E-state index in [1.54, 1.807) is 0 Å². The molecule has 6 heteroatoms. The molecular formula is C30H57NO5. The van der Waals surface area contributed by atoms with E-state index < -0.39 is 6.04 Å². The summed E-state index contributed by atoms with van der Waals surface area (Å²) in [7, 11) is 0. The molecule has 1 N–H and O–H groups in total. The van der Waals surface area contributed by atoms with Gasteiger partial charge < -0.3 is 14.8 Å². The molecule has 1 aliphatic heterocycles. The van der Waals surface area contributed by atoms with Gasteiger partial charge in [0.2, 0.25) is 6.41 Å². The predicted octanol–water partition coefficient (Wildman–Crippen LogP) is 7.52. The Bertz CT molecular complexity index is 580. The largest absolute Gasteiger partial charge is 0.461 e. The quantitative estimate of drug-likeness (QED) is 0.0871. The lowest BCUT2D eigenvalue weighted by atomic mass is 9.86. The van der Waals surface area contributed by atoms with Gasteiger partial charge in [-0.2, -0.15) is 0 Å². The van der Waals surface area contributed by atoms with E-state index in [0.29, 0.717) is 19.3 Å². The molecule has 0 bridgehead atoms. The van der Waals surface area contributed by atoms with E-state index in [4.69, 9.17) is 9.47 Å². The number of esters is 2.